The van der Waals surface area contributed by atoms with Gasteiger partial charge in [-0.3, -0.25) is 0 Å². The van der Waals surface area contributed by atoms with Crippen molar-refractivity contribution in [1.29, 1.82) is 0 Å². The molecule has 0 saturated heterocycles. The number of hydrogen-bond acceptors (Lipinski definition) is 0. The zero-order valence-corrected chi connectivity index (χ0v) is 14.0. The van der Waals surface area contributed by atoms with Gasteiger partial charge in [0.15, 0.2) is 0 Å². The molecule has 0 aliphatic carbocycles. The molecule has 0 aromatic carbocycles. The van der Waals surface area contributed by atoms with Gasteiger partial charge in [-0.2, -0.15) is 0 Å². The van der Waals surface area contributed by atoms with Crippen LogP contribution in [0.5, 0.6) is 0 Å². The molecule has 0 unspecified atom stereocenters. The van der Waals surface area contributed by atoms with Gasteiger partial charge in [-0.1, -0.05) is 0 Å². The van der Waals surface area contributed by atoms with Gasteiger partial charge >= 0.3 is 114 Å². The van der Waals surface area contributed by atoms with Crippen LogP contribution in [0, 0.1) is 0 Å². The van der Waals surface area contributed by atoms with Gasteiger partial charge in [0, 0.05) is 0 Å². The molecule has 0 nitrogen and oxygen atoms in total. The zero-order chi connectivity index (χ0) is 10.6. The van der Waals surface area contributed by atoms with Gasteiger partial charge in [0.05, 0.1) is 0 Å². The normalized spacial score (nSPS) is 12.1. The van der Waals surface area contributed by atoms with Crippen LogP contribution in [0.2, 0.25) is 4.47 Å². The average Bonchev–Trinajstić information content (AvgIpc) is 2.18. The number of rotatable bonds is 9. The molecule has 0 heterocycles. The topological polar surface area (TPSA) is 0 Å². The first-order chi connectivity index (χ1) is 6.81. The molecular weight excluding hydrogens is 399 g/mol. The van der Waals surface area contributed by atoms with E-state index in [0.29, 0.717) is 0 Å². The van der Waals surface area contributed by atoms with Gasteiger partial charge in [-0.25, -0.2) is 0 Å². The molecular formula is C12H23ITe. The molecule has 0 atom stereocenters. The molecule has 2 heteroatoms. The van der Waals surface area contributed by atoms with E-state index in [1.54, 1.807) is 1.63 Å². The Hall–Kier alpha value is 1.26. The van der Waals surface area contributed by atoms with E-state index in [9.17, 15) is 0 Å². The Balaban J connectivity index is 3.27. The molecule has 0 amide bonds. The Bertz CT molecular complexity index is 143. The zero-order valence-electron chi connectivity index (χ0n) is 9.52. The Morgan fingerprint density at radius 2 is 1.79 bits per heavy atom. The molecule has 14 heavy (non-hydrogen) atoms. The van der Waals surface area contributed by atoms with Crippen molar-refractivity contribution in [3.63, 3.8) is 0 Å². The molecule has 84 valence electrons. The van der Waals surface area contributed by atoms with Crippen LogP contribution in [-0.2, 0) is 0 Å². The van der Waals surface area contributed by atoms with E-state index in [2.05, 4.69) is 42.5 Å². The van der Waals surface area contributed by atoms with Crippen LogP contribution in [0.15, 0.2) is 7.70 Å². The first kappa shape index (κ1) is 15.3. The van der Waals surface area contributed by atoms with Crippen LogP contribution >= 0.6 is 22.6 Å². The second-order valence-electron chi connectivity index (χ2n) is 3.56. The number of halogens is 1. The fraction of sp³-hybridized carbons (Fsp3) is 0.833. The predicted octanol–water partition coefficient (Wildman–Crippen LogP) is 5.16. The monoisotopic (exact) mass is 424 g/mol. The van der Waals surface area contributed by atoms with E-state index < -0.39 is 0 Å². The Labute approximate surface area is 114 Å². The van der Waals surface area contributed by atoms with Gasteiger partial charge in [-0.05, 0) is 0 Å². The summed E-state index contributed by atoms with van der Waals surface area (Å²) < 4.78 is 3.21. The number of unbranched alkanes of at least 4 members (excludes halogenated alkanes) is 5. The fourth-order valence-corrected chi connectivity index (χ4v) is 5.41. The van der Waals surface area contributed by atoms with Crippen molar-refractivity contribution in [2.24, 2.45) is 0 Å². The molecule has 0 fully saturated rings. The first-order valence-electron chi connectivity index (χ1n) is 5.79. The van der Waals surface area contributed by atoms with Crippen molar-refractivity contribution in [3.8, 4) is 0 Å². The molecule has 0 N–H and O–H groups in total. The molecule has 0 radical (unpaired) electrons. The Kier molecular flexibility index (Phi) is 13.4. The van der Waals surface area contributed by atoms with E-state index >= 15 is 0 Å². The van der Waals surface area contributed by atoms with Gasteiger partial charge < -0.3 is 0 Å². The summed E-state index contributed by atoms with van der Waals surface area (Å²) in [4.78, 5) is 0. The van der Waals surface area contributed by atoms with Crippen LogP contribution in [0.25, 0.3) is 0 Å². The van der Waals surface area contributed by atoms with Crippen LogP contribution in [0.3, 0.4) is 0 Å². The van der Waals surface area contributed by atoms with Crippen molar-refractivity contribution in [2.75, 3.05) is 0 Å². The van der Waals surface area contributed by atoms with Crippen molar-refractivity contribution >= 4 is 43.5 Å². The molecule has 0 rings (SSSR count). The summed E-state index contributed by atoms with van der Waals surface area (Å²) in [7, 11) is 0. The molecule has 0 aromatic rings. The minimum atomic E-state index is 0.208. The SMILES string of the molecule is CCCCCCC=C(I)[Te]CCCC. The van der Waals surface area contributed by atoms with Crippen molar-refractivity contribution in [3.05, 3.63) is 7.70 Å². The first-order valence-corrected chi connectivity index (χ1v) is 9.68. The van der Waals surface area contributed by atoms with Crippen LogP contribution < -0.4 is 0 Å². The third-order valence-electron chi connectivity index (χ3n) is 2.10. The molecule has 0 aliphatic rings. The summed E-state index contributed by atoms with van der Waals surface area (Å²) in [5, 5.41) is 0. The van der Waals surface area contributed by atoms with Crippen molar-refractivity contribution < 1.29 is 0 Å². The minimum absolute atomic E-state index is 0.208. The Morgan fingerprint density at radius 3 is 2.43 bits per heavy atom. The molecule has 0 spiro atoms. The molecule has 0 aromatic heterocycles. The second-order valence-corrected chi connectivity index (χ2v) is 10.2. The van der Waals surface area contributed by atoms with Crippen LogP contribution in [0.1, 0.15) is 58.8 Å². The second kappa shape index (κ2) is 12.3. The van der Waals surface area contributed by atoms with Gasteiger partial charge in [0.1, 0.15) is 0 Å². The average molecular weight is 422 g/mol. The van der Waals surface area contributed by atoms with Crippen LogP contribution in [0.4, 0.5) is 0 Å². The summed E-state index contributed by atoms with van der Waals surface area (Å²) in [5.41, 5.74) is 0. The van der Waals surface area contributed by atoms with Crippen molar-refractivity contribution in [1.82, 2.24) is 0 Å². The van der Waals surface area contributed by atoms with E-state index in [1.807, 2.05) is 0 Å². The third-order valence-corrected chi connectivity index (χ3v) is 7.30. The molecule has 0 aliphatic heterocycles. The Morgan fingerprint density at radius 1 is 1.07 bits per heavy atom. The number of hydrogen-bond donors (Lipinski definition) is 0. The quantitative estimate of drug-likeness (QED) is 0.274. The van der Waals surface area contributed by atoms with E-state index in [0.717, 1.165) is 0 Å². The summed E-state index contributed by atoms with van der Waals surface area (Å²) in [6.07, 6.45) is 12.2. The maximum absolute atomic E-state index is 2.56. The fourth-order valence-electron chi connectivity index (χ4n) is 1.16. The third kappa shape index (κ3) is 11.3. The molecule has 0 saturated carbocycles. The number of allylic oxidation sites excluding steroid dienone is 1. The maximum atomic E-state index is 2.56. The predicted molar refractivity (Wildman–Crippen MR) is 76.3 cm³/mol. The summed E-state index contributed by atoms with van der Waals surface area (Å²) in [5.74, 6) is 0. The van der Waals surface area contributed by atoms with Crippen LogP contribution in [-0.4, -0.2) is 20.9 Å². The standard InChI is InChI=1S/C12H23ITe/c1-3-5-7-8-9-10-12(13)14-11-6-4-2/h10H,3-9,11H2,1-2H3. The van der Waals surface area contributed by atoms with Gasteiger partial charge in [0.25, 0.3) is 0 Å². The van der Waals surface area contributed by atoms with E-state index in [1.165, 1.54) is 49.4 Å². The molecule has 0 bridgehead atoms. The van der Waals surface area contributed by atoms with Crippen molar-refractivity contribution in [2.45, 2.75) is 63.3 Å². The summed E-state index contributed by atoms with van der Waals surface area (Å²) in [6, 6.07) is 0. The van der Waals surface area contributed by atoms with E-state index in [4.69, 9.17) is 0 Å². The van der Waals surface area contributed by atoms with Gasteiger partial charge in [-0.15, -0.1) is 0 Å². The summed E-state index contributed by atoms with van der Waals surface area (Å²) in [6.45, 7) is 4.56. The van der Waals surface area contributed by atoms with Gasteiger partial charge in [0.2, 0.25) is 0 Å². The van der Waals surface area contributed by atoms with E-state index in [-0.39, 0.29) is 20.9 Å². The summed E-state index contributed by atoms with van der Waals surface area (Å²) >= 11 is 2.77.